The lowest BCUT2D eigenvalue weighted by molar-refractivity contribution is -0.290. The normalized spacial score (nSPS) is 20.6. The molecule has 4 aromatic rings. The Balaban J connectivity index is 1.13. The van der Waals surface area contributed by atoms with Gasteiger partial charge in [-0.1, -0.05) is 124 Å². The Hall–Kier alpha value is -6.21. The summed E-state index contributed by atoms with van der Waals surface area (Å²) in [6.45, 7) is 6.44. The van der Waals surface area contributed by atoms with Crippen molar-refractivity contribution in [1.29, 1.82) is 0 Å². The molecular weight excluding hydrogens is 945 g/mol. The molecule has 74 heavy (non-hydrogen) atoms. The van der Waals surface area contributed by atoms with Gasteiger partial charge in [0.1, 0.15) is 42.2 Å². The number of aryl methyl sites for hydroxylation is 2. The molecule has 5 amide bonds. The SMILES string of the molecule is CCCCCCCCO[C@@H]1O[C@H](C(=O)NCCCC[C@@H](NC(=O)[C@H](Cc2ccccc2)NC(=O)[C@@H]2Cc3ccccc3CN2C(=O)[C@@H](N)Cc2c(C)cc(O)cc2C)C(=O)NCc2ccccc2)[C@@H](O)[C@H](O)[C@H]1O. The Kier molecular flexibility index (Phi) is 21.9. The van der Waals surface area contributed by atoms with E-state index in [1.54, 1.807) is 12.1 Å². The molecule has 0 aromatic heterocycles. The van der Waals surface area contributed by atoms with Gasteiger partial charge >= 0.3 is 0 Å². The predicted octanol–water partition coefficient (Wildman–Crippen LogP) is 3.83. The van der Waals surface area contributed by atoms with Crippen LogP contribution in [0.2, 0.25) is 0 Å². The van der Waals surface area contributed by atoms with Crippen LogP contribution >= 0.6 is 0 Å². The number of hydrogen-bond donors (Lipinski definition) is 9. The molecule has 0 aliphatic carbocycles. The molecule has 1 fully saturated rings. The van der Waals surface area contributed by atoms with Crippen LogP contribution in [0.1, 0.15) is 104 Å². The van der Waals surface area contributed by atoms with Crippen LogP contribution in [0.15, 0.2) is 97.1 Å². The van der Waals surface area contributed by atoms with E-state index >= 15 is 0 Å². The van der Waals surface area contributed by atoms with Crippen LogP contribution < -0.4 is 27.0 Å². The van der Waals surface area contributed by atoms with Crippen molar-refractivity contribution in [2.45, 2.75) is 166 Å². The van der Waals surface area contributed by atoms with Crippen LogP contribution in [0.5, 0.6) is 5.75 Å². The Morgan fingerprint density at radius 3 is 2.03 bits per heavy atom. The van der Waals surface area contributed by atoms with E-state index in [0.29, 0.717) is 19.3 Å². The monoisotopic (exact) mass is 1020 g/mol. The van der Waals surface area contributed by atoms with Crippen LogP contribution in [0.3, 0.4) is 0 Å². The summed E-state index contributed by atoms with van der Waals surface area (Å²) in [6.07, 6.45) is -0.532. The molecule has 17 nitrogen and oxygen atoms in total. The molecule has 6 rings (SSSR count). The first-order valence-corrected chi connectivity index (χ1v) is 26.1. The fourth-order valence-corrected chi connectivity index (χ4v) is 9.65. The highest BCUT2D eigenvalue weighted by Crippen LogP contribution is 2.27. The average Bonchev–Trinajstić information content (AvgIpc) is 3.39. The zero-order valence-electron chi connectivity index (χ0n) is 42.9. The number of unbranched alkanes of at least 4 members (excludes halogenated alkanes) is 6. The number of aromatic hydroxyl groups is 1. The Morgan fingerprint density at radius 2 is 1.34 bits per heavy atom. The topological polar surface area (TPSA) is 262 Å². The third kappa shape index (κ3) is 16.1. The summed E-state index contributed by atoms with van der Waals surface area (Å²) in [5, 5.41) is 53.4. The number of ether oxygens (including phenoxy) is 2. The summed E-state index contributed by atoms with van der Waals surface area (Å²) in [5.74, 6) is -2.72. The first-order chi connectivity index (χ1) is 35.6. The molecule has 0 unspecified atom stereocenters. The van der Waals surface area contributed by atoms with E-state index in [2.05, 4.69) is 28.2 Å². The number of amides is 5. The number of fused-ring (bicyclic) bond motifs is 1. The second kappa shape index (κ2) is 28.5. The summed E-state index contributed by atoms with van der Waals surface area (Å²) >= 11 is 0. The fraction of sp³-hybridized carbons (Fsp3) is 0.491. The number of carbonyl (C=O) groups excluding carboxylic acids is 5. The largest absolute Gasteiger partial charge is 0.508 e. The zero-order chi connectivity index (χ0) is 53.1. The molecule has 2 aliphatic heterocycles. The highest BCUT2D eigenvalue weighted by Gasteiger charge is 2.47. The molecule has 2 aliphatic rings. The Morgan fingerprint density at radius 1 is 0.703 bits per heavy atom. The lowest BCUT2D eigenvalue weighted by Gasteiger charge is -2.39. The first-order valence-electron chi connectivity index (χ1n) is 26.1. The molecular formula is C57H76N6O11. The van der Waals surface area contributed by atoms with Gasteiger partial charge in [-0.3, -0.25) is 24.0 Å². The van der Waals surface area contributed by atoms with Gasteiger partial charge in [-0.2, -0.15) is 0 Å². The number of nitrogens with two attached hydrogens (primary N) is 1. The van der Waals surface area contributed by atoms with Crippen molar-refractivity contribution in [3.63, 3.8) is 0 Å². The van der Waals surface area contributed by atoms with E-state index in [4.69, 9.17) is 15.2 Å². The molecule has 0 radical (unpaired) electrons. The zero-order valence-corrected chi connectivity index (χ0v) is 42.9. The smallest absolute Gasteiger partial charge is 0.252 e. The quantitative estimate of drug-likeness (QED) is 0.0407. The van der Waals surface area contributed by atoms with Gasteiger partial charge in [0.05, 0.1) is 6.04 Å². The van der Waals surface area contributed by atoms with Crippen LogP contribution in [0.4, 0.5) is 0 Å². The van der Waals surface area contributed by atoms with Crippen molar-refractivity contribution in [2.24, 2.45) is 5.73 Å². The van der Waals surface area contributed by atoms with E-state index < -0.39 is 84.4 Å². The molecule has 0 bridgehead atoms. The number of hydrogen-bond acceptors (Lipinski definition) is 12. The number of aliphatic hydroxyl groups is 3. The van der Waals surface area contributed by atoms with Gasteiger partial charge in [0.25, 0.3) is 5.91 Å². The summed E-state index contributed by atoms with van der Waals surface area (Å²) < 4.78 is 11.4. The van der Waals surface area contributed by atoms with Gasteiger partial charge in [-0.15, -0.1) is 0 Å². The van der Waals surface area contributed by atoms with Gasteiger partial charge < -0.3 is 61.8 Å². The van der Waals surface area contributed by atoms with Gasteiger partial charge in [-0.05, 0) is 97.0 Å². The van der Waals surface area contributed by atoms with Gasteiger partial charge in [0.2, 0.25) is 23.6 Å². The molecule has 17 heteroatoms. The first kappa shape index (κ1) is 57.1. The molecule has 4 aromatic carbocycles. The van der Waals surface area contributed by atoms with Crippen molar-refractivity contribution in [1.82, 2.24) is 26.2 Å². The molecule has 0 spiro atoms. The highest BCUT2D eigenvalue weighted by atomic mass is 16.7. The van der Waals surface area contributed by atoms with Crippen molar-refractivity contribution in [2.75, 3.05) is 13.2 Å². The minimum Gasteiger partial charge on any atom is -0.508 e. The van der Waals surface area contributed by atoms with Crippen LogP contribution in [0, 0.1) is 13.8 Å². The average molecular weight is 1020 g/mol. The fourth-order valence-electron chi connectivity index (χ4n) is 9.65. The van der Waals surface area contributed by atoms with Crippen molar-refractivity contribution >= 4 is 29.5 Å². The predicted molar refractivity (Wildman–Crippen MR) is 279 cm³/mol. The number of aliphatic hydroxyl groups excluding tert-OH is 3. The van der Waals surface area contributed by atoms with Crippen LogP contribution in [-0.4, -0.2) is 123 Å². The van der Waals surface area contributed by atoms with Crippen molar-refractivity contribution in [3.05, 3.63) is 136 Å². The highest BCUT2D eigenvalue weighted by molar-refractivity contribution is 5.95. The number of phenolic OH excluding ortho intramolecular Hbond substituents is 1. The third-order valence-electron chi connectivity index (χ3n) is 13.9. The summed E-state index contributed by atoms with van der Waals surface area (Å²) in [4.78, 5) is 72.5. The second-order valence-electron chi connectivity index (χ2n) is 19.7. The Bertz CT molecular complexity index is 2440. The van der Waals surface area contributed by atoms with E-state index in [0.717, 1.165) is 71.0 Å². The minimum absolute atomic E-state index is 0.0602. The maximum atomic E-state index is 14.7. The lowest BCUT2D eigenvalue weighted by Crippen LogP contribution is -2.62. The second-order valence-corrected chi connectivity index (χ2v) is 19.7. The van der Waals surface area contributed by atoms with Crippen molar-refractivity contribution in [3.8, 4) is 5.75 Å². The molecule has 10 N–H and O–H groups in total. The van der Waals surface area contributed by atoms with E-state index in [1.807, 2.05) is 98.8 Å². The maximum absolute atomic E-state index is 14.7. The molecule has 0 saturated carbocycles. The molecule has 1 saturated heterocycles. The number of nitrogens with zero attached hydrogens (tertiary/aromatic N) is 1. The van der Waals surface area contributed by atoms with E-state index in [1.165, 1.54) is 4.90 Å². The maximum Gasteiger partial charge on any atom is 0.252 e. The molecule has 400 valence electrons. The third-order valence-corrected chi connectivity index (χ3v) is 13.9. The van der Waals surface area contributed by atoms with Gasteiger partial charge in [0.15, 0.2) is 12.4 Å². The summed E-state index contributed by atoms with van der Waals surface area (Å²) in [6, 6.07) is 24.9. The van der Waals surface area contributed by atoms with Crippen LogP contribution in [-0.2, 0) is 65.8 Å². The van der Waals surface area contributed by atoms with Gasteiger partial charge in [0, 0.05) is 39.1 Å². The summed E-state index contributed by atoms with van der Waals surface area (Å²) in [7, 11) is 0. The van der Waals surface area contributed by atoms with Crippen molar-refractivity contribution < 1.29 is 53.9 Å². The number of rotatable bonds is 26. The van der Waals surface area contributed by atoms with Crippen LogP contribution in [0.25, 0.3) is 0 Å². The number of carbonyl (C=O) groups is 5. The van der Waals surface area contributed by atoms with E-state index in [-0.39, 0.29) is 57.7 Å². The molecule has 2 heterocycles. The Labute approximate surface area is 434 Å². The van der Waals surface area contributed by atoms with E-state index in [9.17, 15) is 44.4 Å². The number of phenols is 1. The molecule has 9 atom stereocenters. The summed E-state index contributed by atoms with van der Waals surface area (Å²) in [5.41, 5.74) is 12.4. The minimum atomic E-state index is -1.71. The number of nitrogens with one attached hydrogen (secondary N) is 4. The lowest BCUT2D eigenvalue weighted by atomic mass is 9.91. The number of benzene rings is 4. The standard InChI is InChI=1S/C57H76N6O11/c1-4-5-6-7-8-19-28-73-57-50(67)48(65)49(66)51(74-57)55(71)59-27-18-17-26-45(52(68)60-34-39-22-13-10-14-23-39)61-53(69)46(31-38-20-11-9-12-21-38)62-54(70)47-32-40-24-15-16-25-41(40)35-63(47)56(72)44(58)33-43-36(2)29-42(64)30-37(43)3/h9-16,20-25,29-30,44-51,57,64-67H,4-8,17-19,26-28,31-35,58H2,1-3H3,(H,59,71)(H,60,68)(H,61,69)(H,62,70)/t44-,45+,46-,47-,48-,49-,50+,51-,57+/m0/s1. The van der Waals surface area contributed by atoms with Gasteiger partial charge in [-0.25, -0.2) is 0 Å².